The van der Waals surface area contributed by atoms with E-state index in [-0.39, 0.29) is 11.7 Å². The van der Waals surface area contributed by atoms with Crippen molar-refractivity contribution in [2.45, 2.75) is 6.92 Å². The Kier molecular flexibility index (Phi) is 4.46. The summed E-state index contributed by atoms with van der Waals surface area (Å²) in [5.74, 6) is 0.358. The van der Waals surface area contributed by atoms with Crippen LogP contribution in [0, 0.1) is 12.7 Å². The summed E-state index contributed by atoms with van der Waals surface area (Å²) in [6.45, 7) is 4.18. The summed E-state index contributed by atoms with van der Waals surface area (Å²) in [4.78, 5) is 22.0. The second kappa shape index (κ2) is 6.92. The summed E-state index contributed by atoms with van der Waals surface area (Å²) < 4.78 is 19.3. The number of furan rings is 1. The zero-order chi connectivity index (χ0) is 18.1. The number of hydrogen-bond acceptors (Lipinski definition) is 5. The first-order valence-corrected chi connectivity index (χ1v) is 9.25. The molecule has 1 aliphatic rings. The van der Waals surface area contributed by atoms with Gasteiger partial charge in [0.2, 0.25) is 0 Å². The summed E-state index contributed by atoms with van der Waals surface area (Å²) in [5.41, 5.74) is 1.06. The monoisotopic (exact) mass is 371 g/mol. The van der Waals surface area contributed by atoms with Gasteiger partial charge in [-0.15, -0.1) is 11.3 Å². The van der Waals surface area contributed by atoms with Gasteiger partial charge >= 0.3 is 0 Å². The van der Waals surface area contributed by atoms with E-state index in [1.54, 1.807) is 29.4 Å². The minimum Gasteiger partial charge on any atom is -0.462 e. The Labute approximate surface area is 154 Å². The van der Waals surface area contributed by atoms with Crippen molar-refractivity contribution < 1.29 is 13.6 Å². The van der Waals surface area contributed by atoms with Gasteiger partial charge in [0.05, 0.1) is 12.0 Å². The van der Waals surface area contributed by atoms with Crippen LogP contribution in [0.2, 0.25) is 0 Å². The van der Waals surface area contributed by atoms with Crippen molar-refractivity contribution >= 4 is 22.9 Å². The maximum atomic E-state index is 13.9. The minimum absolute atomic E-state index is 0.0789. The van der Waals surface area contributed by atoms with Crippen LogP contribution in [0.25, 0.3) is 10.8 Å². The topological polar surface area (TPSA) is 49.6 Å². The van der Waals surface area contributed by atoms with Crippen molar-refractivity contribution in [3.8, 4) is 10.8 Å². The average molecular weight is 371 g/mol. The number of para-hydroxylation sites is 1. The molecule has 0 N–H and O–H groups in total. The van der Waals surface area contributed by atoms with Crippen molar-refractivity contribution in [2.75, 3.05) is 31.1 Å². The summed E-state index contributed by atoms with van der Waals surface area (Å²) in [6, 6.07) is 10.4. The lowest BCUT2D eigenvalue weighted by Crippen LogP contribution is -2.49. The highest BCUT2D eigenvalue weighted by atomic mass is 32.1. The van der Waals surface area contributed by atoms with Crippen LogP contribution >= 0.6 is 11.3 Å². The molecule has 0 radical (unpaired) electrons. The van der Waals surface area contributed by atoms with Crippen LogP contribution < -0.4 is 4.90 Å². The number of rotatable bonds is 3. The number of anilines is 1. The third-order valence-electron chi connectivity index (χ3n) is 4.49. The molecule has 3 aromatic rings. The van der Waals surface area contributed by atoms with E-state index in [1.807, 2.05) is 24.0 Å². The Hall–Kier alpha value is -2.67. The number of nitrogens with zero attached hydrogens (tertiary/aromatic N) is 3. The molecule has 0 atom stereocenters. The number of halogens is 1. The van der Waals surface area contributed by atoms with E-state index >= 15 is 0 Å². The number of benzene rings is 1. The van der Waals surface area contributed by atoms with Crippen LogP contribution in [0.4, 0.5) is 10.1 Å². The normalized spacial score (nSPS) is 14.7. The summed E-state index contributed by atoms with van der Waals surface area (Å²) in [6.07, 6.45) is 1.59. The zero-order valence-corrected chi connectivity index (χ0v) is 15.1. The highest BCUT2D eigenvalue weighted by Gasteiger charge is 2.27. The molecule has 134 valence electrons. The number of aryl methyl sites for hydroxylation is 1. The van der Waals surface area contributed by atoms with E-state index in [4.69, 9.17) is 4.42 Å². The molecule has 1 fully saturated rings. The standard InChI is InChI=1S/C19H18FN3O2S/c1-13-17(21-18(26-13)16-7-4-12-25-16)19(24)23-10-8-22(9-11-23)15-6-3-2-5-14(15)20/h2-7,12H,8-11H2,1H3. The molecule has 26 heavy (non-hydrogen) atoms. The second-order valence-electron chi connectivity index (χ2n) is 6.13. The Morgan fingerprint density at radius 2 is 1.92 bits per heavy atom. The number of amides is 1. The van der Waals surface area contributed by atoms with E-state index in [1.165, 1.54) is 17.4 Å². The number of hydrogen-bond donors (Lipinski definition) is 0. The lowest BCUT2D eigenvalue weighted by Gasteiger charge is -2.36. The summed E-state index contributed by atoms with van der Waals surface area (Å²) in [5, 5.41) is 0.709. The van der Waals surface area contributed by atoms with Gasteiger partial charge in [-0.1, -0.05) is 12.1 Å². The fraction of sp³-hybridized carbons (Fsp3) is 0.263. The Bertz CT molecular complexity index is 915. The van der Waals surface area contributed by atoms with Crippen molar-refractivity contribution in [1.82, 2.24) is 9.88 Å². The van der Waals surface area contributed by atoms with E-state index in [0.29, 0.717) is 48.3 Å². The molecule has 0 aliphatic carbocycles. The van der Waals surface area contributed by atoms with E-state index < -0.39 is 0 Å². The summed E-state index contributed by atoms with van der Waals surface area (Å²) in [7, 11) is 0. The molecular weight excluding hydrogens is 353 g/mol. The third kappa shape index (κ3) is 3.10. The first-order chi connectivity index (χ1) is 12.6. The largest absolute Gasteiger partial charge is 0.462 e. The number of carbonyl (C=O) groups excluding carboxylic acids is 1. The number of carbonyl (C=O) groups is 1. The van der Waals surface area contributed by atoms with E-state index in [2.05, 4.69) is 4.98 Å². The van der Waals surface area contributed by atoms with Crippen molar-refractivity contribution in [2.24, 2.45) is 0 Å². The van der Waals surface area contributed by atoms with Crippen molar-refractivity contribution in [3.05, 3.63) is 59.0 Å². The van der Waals surface area contributed by atoms with Gasteiger partial charge in [0, 0.05) is 31.1 Å². The molecule has 5 nitrogen and oxygen atoms in total. The predicted molar refractivity (Wildman–Crippen MR) is 99.1 cm³/mol. The molecule has 7 heteroatoms. The summed E-state index contributed by atoms with van der Waals surface area (Å²) >= 11 is 1.45. The van der Waals surface area contributed by atoms with Crippen molar-refractivity contribution in [1.29, 1.82) is 0 Å². The first kappa shape index (κ1) is 16.8. The fourth-order valence-corrected chi connectivity index (χ4v) is 3.98. The first-order valence-electron chi connectivity index (χ1n) is 8.43. The van der Waals surface area contributed by atoms with Crippen molar-refractivity contribution in [3.63, 3.8) is 0 Å². The van der Waals surface area contributed by atoms with Gasteiger partial charge in [-0.25, -0.2) is 9.37 Å². The van der Waals surface area contributed by atoms with Crippen LogP contribution in [0.1, 0.15) is 15.4 Å². The third-order valence-corrected chi connectivity index (χ3v) is 5.48. The molecular formula is C19H18FN3O2S. The quantitative estimate of drug-likeness (QED) is 0.702. The fourth-order valence-electron chi connectivity index (χ4n) is 3.11. The lowest BCUT2D eigenvalue weighted by molar-refractivity contribution is 0.0741. The molecule has 0 spiro atoms. The van der Waals surface area contributed by atoms with Crippen LogP contribution in [-0.4, -0.2) is 42.0 Å². The molecule has 0 bridgehead atoms. The van der Waals surface area contributed by atoms with E-state index in [0.717, 1.165) is 4.88 Å². The maximum absolute atomic E-state index is 13.9. The highest BCUT2D eigenvalue weighted by Crippen LogP contribution is 2.29. The Morgan fingerprint density at radius 1 is 1.15 bits per heavy atom. The molecule has 4 rings (SSSR count). The number of aromatic nitrogens is 1. The molecule has 1 amide bonds. The second-order valence-corrected chi connectivity index (χ2v) is 7.33. The number of piperazine rings is 1. The lowest BCUT2D eigenvalue weighted by atomic mass is 10.2. The smallest absolute Gasteiger partial charge is 0.273 e. The SMILES string of the molecule is Cc1sc(-c2ccco2)nc1C(=O)N1CCN(c2ccccc2F)CC1. The number of thiazole rings is 1. The van der Waals surface area contributed by atoms with Gasteiger partial charge in [0.15, 0.2) is 10.8 Å². The maximum Gasteiger partial charge on any atom is 0.273 e. The van der Waals surface area contributed by atoms with Gasteiger partial charge in [-0.3, -0.25) is 4.79 Å². The zero-order valence-electron chi connectivity index (χ0n) is 14.3. The molecule has 1 aliphatic heterocycles. The molecule has 1 aromatic carbocycles. The average Bonchev–Trinajstić information content (AvgIpc) is 3.31. The van der Waals surface area contributed by atoms with Crippen LogP contribution in [0.15, 0.2) is 47.1 Å². The molecule has 2 aromatic heterocycles. The Morgan fingerprint density at radius 3 is 2.62 bits per heavy atom. The van der Waals surface area contributed by atoms with Crippen LogP contribution in [0.3, 0.4) is 0 Å². The molecule has 3 heterocycles. The minimum atomic E-state index is -0.231. The van der Waals surface area contributed by atoms with Crippen LogP contribution in [-0.2, 0) is 0 Å². The Balaban J connectivity index is 1.47. The van der Waals surface area contributed by atoms with Gasteiger partial charge in [-0.05, 0) is 31.2 Å². The van der Waals surface area contributed by atoms with Gasteiger partial charge in [-0.2, -0.15) is 0 Å². The van der Waals surface area contributed by atoms with Gasteiger partial charge in [0.25, 0.3) is 5.91 Å². The van der Waals surface area contributed by atoms with Crippen LogP contribution in [0.5, 0.6) is 0 Å². The highest BCUT2D eigenvalue weighted by molar-refractivity contribution is 7.15. The molecule has 0 saturated carbocycles. The molecule has 0 unspecified atom stereocenters. The molecule has 1 saturated heterocycles. The van der Waals surface area contributed by atoms with Gasteiger partial charge < -0.3 is 14.2 Å². The van der Waals surface area contributed by atoms with Gasteiger partial charge in [0.1, 0.15) is 11.5 Å². The van der Waals surface area contributed by atoms with E-state index in [9.17, 15) is 9.18 Å². The predicted octanol–water partition coefficient (Wildman–Crippen LogP) is 3.81.